The molecule has 0 radical (unpaired) electrons. The lowest BCUT2D eigenvalue weighted by Gasteiger charge is -2.13. The van der Waals surface area contributed by atoms with E-state index in [1.165, 1.54) is 12.1 Å². The van der Waals surface area contributed by atoms with Crippen LogP contribution in [0.5, 0.6) is 5.75 Å². The molecule has 0 bridgehead atoms. The summed E-state index contributed by atoms with van der Waals surface area (Å²) in [6.07, 6.45) is 0. The molecule has 0 aromatic heterocycles. The summed E-state index contributed by atoms with van der Waals surface area (Å²) in [6, 6.07) is 17.2. The molecule has 3 aromatic carbocycles. The lowest BCUT2D eigenvalue weighted by molar-refractivity contribution is -0.149. The largest absolute Gasteiger partial charge is 0.497 e. The molecule has 0 unspecified atom stereocenters. The third kappa shape index (κ3) is 5.31. The Bertz CT molecular complexity index is 1020. The molecule has 0 heterocycles. The minimum absolute atomic E-state index is 0.236. The maximum atomic E-state index is 12.9. The van der Waals surface area contributed by atoms with Crippen LogP contribution in [0.25, 0.3) is 10.8 Å². The van der Waals surface area contributed by atoms with Crippen molar-refractivity contribution in [2.45, 2.75) is 19.4 Å². The molecule has 0 aliphatic rings. The van der Waals surface area contributed by atoms with Crippen LogP contribution < -0.4 is 10.1 Å². The van der Waals surface area contributed by atoms with Crippen molar-refractivity contribution in [2.75, 3.05) is 13.7 Å². The highest BCUT2D eigenvalue weighted by molar-refractivity contribution is 5.87. The van der Waals surface area contributed by atoms with Gasteiger partial charge in [-0.15, -0.1) is 0 Å². The quantitative estimate of drug-likeness (QED) is 0.615. The Labute approximate surface area is 168 Å². The molecule has 0 saturated heterocycles. The topological polar surface area (TPSA) is 64.6 Å². The van der Waals surface area contributed by atoms with Crippen molar-refractivity contribution in [2.24, 2.45) is 0 Å². The van der Waals surface area contributed by atoms with E-state index in [9.17, 15) is 14.0 Å². The average molecular weight is 395 g/mol. The molecule has 150 valence electrons. The summed E-state index contributed by atoms with van der Waals surface area (Å²) in [6.45, 7) is 1.61. The van der Waals surface area contributed by atoms with E-state index in [1.807, 2.05) is 36.4 Å². The van der Waals surface area contributed by atoms with E-state index in [2.05, 4.69) is 5.32 Å². The summed E-state index contributed by atoms with van der Waals surface area (Å²) in [5, 5.41) is 4.63. The van der Waals surface area contributed by atoms with Crippen LogP contribution in [0.4, 0.5) is 4.39 Å². The molecule has 3 aromatic rings. The number of nitrogens with one attached hydrogen (secondary N) is 1. The number of amides is 1. The standard InChI is InChI=1S/C23H22FNO4/c1-15(17-5-6-19-12-21(28-2)10-7-18(19)11-17)23(27)29-14-22(26)25-13-16-3-8-20(24)9-4-16/h3-12,15H,13-14H2,1-2H3,(H,25,26)/t15-/m0/s1. The zero-order valence-corrected chi connectivity index (χ0v) is 16.3. The molecule has 1 atom stereocenters. The van der Waals surface area contributed by atoms with Gasteiger partial charge in [-0.1, -0.05) is 36.4 Å². The van der Waals surface area contributed by atoms with E-state index in [4.69, 9.17) is 9.47 Å². The van der Waals surface area contributed by atoms with Crippen molar-refractivity contribution in [1.82, 2.24) is 5.32 Å². The number of hydrogen-bond donors (Lipinski definition) is 1. The Kier molecular flexibility index (Phi) is 6.44. The summed E-state index contributed by atoms with van der Waals surface area (Å²) in [4.78, 5) is 24.2. The van der Waals surface area contributed by atoms with Gasteiger partial charge in [0.1, 0.15) is 11.6 Å². The number of carbonyl (C=O) groups excluding carboxylic acids is 2. The minimum atomic E-state index is -0.508. The molecule has 1 N–H and O–H groups in total. The molecule has 5 nitrogen and oxygen atoms in total. The first-order valence-corrected chi connectivity index (χ1v) is 9.22. The Morgan fingerprint density at radius 3 is 2.41 bits per heavy atom. The normalized spacial score (nSPS) is 11.7. The van der Waals surface area contributed by atoms with Gasteiger partial charge in [-0.05, 0) is 53.1 Å². The van der Waals surface area contributed by atoms with E-state index in [0.29, 0.717) is 0 Å². The van der Waals surface area contributed by atoms with Crippen molar-refractivity contribution in [1.29, 1.82) is 0 Å². The molecule has 0 aliphatic heterocycles. The second kappa shape index (κ2) is 9.19. The van der Waals surface area contributed by atoms with Gasteiger partial charge < -0.3 is 14.8 Å². The van der Waals surface area contributed by atoms with Crippen molar-refractivity contribution < 1.29 is 23.5 Å². The maximum Gasteiger partial charge on any atom is 0.313 e. The molecular weight excluding hydrogens is 373 g/mol. The van der Waals surface area contributed by atoms with Gasteiger partial charge in [-0.3, -0.25) is 9.59 Å². The van der Waals surface area contributed by atoms with Crippen molar-refractivity contribution in [3.63, 3.8) is 0 Å². The van der Waals surface area contributed by atoms with Crippen LogP contribution in [0.3, 0.4) is 0 Å². The Morgan fingerprint density at radius 2 is 1.69 bits per heavy atom. The van der Waals surface area contributed by atoms with Gasteiger partial charge in [0.2, 0.25) is 0 Å². The van der Waals surface area contributed by atoms with Gasteiger partial charge in [-0.2, -0.15) is 0 Å². The van der Waals surface area contributed by atoms with E-state index in [-0.39, 0.29) is 19.0 Å². The summed E-state index contributed by atoms with van der Waals surface area (Å²) in [5.74, 6) is -0.971. The second-order valence-corrected chi connectivity index (χ2v) is 6.71. The fourth-order valence-corrected chi connectivity index (χ4v) is 2.89. The van der Waals surface area contributed by atoms with Crippen LogP contribution in [0, 0.1) is 5.82 Å². The Morgan fingerprint density at radius 1 is 1.00 bits per heavy atom. The zero-order chi connectivity index (χ0) is 20.8. The minimum Gasteiger partial charge on any atom is -0.497 e. The number of esters is 1. The molecule has 3 rings (SSSR count). The van der Waals surface area contributed by atoms with E-state index in [1.54, 1.807) is 26.2 Å². The van der Waals surface area contributed by atoms with Gasteiger partial charge in [0.15, 0.2) is 6.61 Å². The molecule has 6 heteroatoms. The summed E-state index contributed by atoms with van der Waals surface area (Å²) < 4.78 is 23.2. The highest BCUT2D eigenvalue weighted by atomic mass is 19.1. The van der Waals surface area contributed by atoms with Crippen LogP contribution in [0.15, 0.2) is 60.7 Å². The van der Waals surface area contributed by atoms with Gasteiger partial charge in [0, 0.05) is 6.54 Å². The predicted octanol–water partition coefficient (Wildman–Crippen LogP) is 3.95. The molecular formula is C23H22FNO4. The van der Waals surface area contributed by atoms with E-state index in [0.717, 1.165) is 27.6 Å². The summed E-state index contributed by atoms with van der Waals surface area (Å²) >= 11 is 0. The predicted molar refractivity (Wildman–Crippen MR) is 108 cm³/mol. The number of carbonyl (C=O) groups is 2. The third-order valence-electron chi connectivity index (χ3n) is 4.67. The van der Waals surface area contributed by atoms with Gasteiger partial charge in [0.05, 0.1) is 13.0 Å². The third-order valence-corrected chi connectivity index (χ3v) is 4.67. The fourth-order valence-electron chi connectivity index (χ4n) is 2.89. The number of halogens is 1. The highest BCUT2D eigenvalue weighted by Crippen LogP contribution is 2.25. The first-order valence-electron chi connectivity index (χ1n) is 9.22. The van der Waals surface area contributed by atoms with Crippen LogP contribution in [-0.4, -0.2) is 25.6 Å². The zero-order valence-electron chi connectivity index (χ0n) is 16.3. The van der Waals surface area contributed by atoms with Gasteiger partial charge in [0.25, 0.3) is 5.91 Å². The maximum absolute atomic E-state index is 12.9. The number of methoxy groups -OCH3 is 1. The molecule has 0 spiro atoms. The van der Waals surface area contributed by atoms with Crippen LogP contribution >= 0.6 is 0 Å². The average Bonchev–Trinajstić information content (AvgIpc) is 2.75. The highest BCUT2D eigenvalue weighted by Gasteiger charge is 2.18. The number of benzene rings is 3. The summed E-state index contributed by atoms with van der Waals surface area (Å²) in [7, 11) is 1.61. The Hall–Kier alpha value is -3.41. The molecule has 0 aliphatic carbocycles. The smallest absolute Gasteiger partial charge is 0.313 e. The first-order chi connectivity index (χ1) is 14.0. The van der Waals surface area contributed by atoms with Crippen LogP contribution in [0.1, 0.15) is 24.0 Å². The van der Waals surface area contributed by atoms with Gasteiger partial charge in [-0.25, -0.2) is 4.39 Å². The SMILES string of the molecule is COc1ccc2cc([C@H](C)C(=O)OCC(=O)NCc3ccc(F)cc3)ccc2c1. The second-order valence-electron chi connectivity index (χ2n) is 6.71. The van der Waals surface area contributed by atoms with Crippen LogP contribution in [0.2, 0.25) is 0 Å². The number of rotatable bonds is 7. The van der Waals surface area contributed by atoms with Crippen LogP contribution in [-0.2, 0) is 20.9 Å². The van der Waals surface area contributed by atoms with E-state index >= 15 is 0 Å². The van der Waals surface area contributed by atoms with Crippen molar-refractivity contribution in [3.05, 3.63) is 77.6 Å². The monoisotopic (exact) mass is 395 g/mol. The van der Waals surface area contributed by atoms with E-state index < -0.39 is 17.8 Å². The first kappa shape index (κ1) is 20.3. The molecule has 29 heavy (non-hydrogen) atoms. The molecule has 1 amide bonds. The van der Waals surface area contributed by atoms with Gasteiger partial charge >= 0.3 is 5.97 Å². The fraction of sp³-hybridized carbons (Fsp3) is 0.217. The Balaban J connectivity index is 1.53. The lowest BCUT2D eigenvalue weighted by atomic mass is 9.98. The lowest BCUT2D eigenvalue weighted by Crippen LogP contribution is -2.29. The number of hydrogen-bond acceptors (Lipinski definition) is 4. The number of ether oxygens (including phenoxy) is 2. The van der Waals surface area contributed by atoms with Crippen molar-refractivity contribution in [3.8, 4) is 5.75 Å². The summed E-state index contributed by atoms with van der Waals surface area (Å²) in [5.41, 5.74) is 1.56. The molecule has 0 fully saturated rings. The van der Waals surface area contributed by atoms with Crippen molar-refractivity contribution >= 4 is 22.6 Å². The molecule has 0 saturated carbocycles. The number of fused-ring (bicyclic) bond motifs is 1.